The molecule has 1 aliphatic rings. The van der Waals surface area contributed by atoms with Crippen LogP contribution in [0.15, 0.2) is 35.1 Å². The molecule has 2 atom stereocenters. The van der Waals surface area contributed by atoms with E-state index in [1.165, 1.54) is 12.8 Å². The summed E-state index contributed by atoms with van der Waals surface area (Å²) in [5.74, 6) is 0.526. The Kier molecular flexibility index (Phi) is 3.72. The minimum absolute atomic E-state index is 0.0397. The summed E-state index contributed by atoms with van der Waals surface area (Å²) in [6.45, 7) is 0.720. The molecule has 3 rings (SSSR count). The number of benzene rings is 1. The lowest BCUT2D eigenvalue weighted by Crippen LogP contribution is -2.38. The average Bonchev–Trinajstić information content (AvgIpc) is 2.99. The number of para-hydroxylation sites is 1. The molecule has 0 bridgehead atoms. The van der Waals surface area contributed by atoms with Crippen LogP contribution in [0.3, 0.4) is 0 Å². The summed E-state index contributed by atoms with van der Waals surface area (Å²) in [7, 11) is 3.92. The first-order valence-electron chi connectivity index (χ1n) is 7.65. The summed E-state index contributed by atoms with van der Waals surface area (Å²) < 4.78 is 1.71. The topological polar surface area (TPSA) is 51.3 Å². The van der Waals surface area contributed by atoms with E-state index >= 15 is 0 Å². The minimum Gasteiger partial charge on any atom is -0.371 e. The average molecular weight is 285 g/mol. The second-order valence-corrected chi connectivity index (χ2v) is 6.05. The zero-order valence-corrected chi connectivity index (χ0v) is 12.7. The molecular weight excluding hydrogens is 262 g/mol. The van der Waals surface area contributed by atoms with Crippen LogP contribution in [0.2, 0.25) is 0 Å². The van der Waals surface area contributed by atoms with Crippen molar-refractivity contribution in [1.82, 2.24) is 4.57 Å². The van der Waals surface area contributed by atoms with Crippen LogP contribution >= 0.6 is 0 Å². The largest absolute Gasteiger partial charge is 0.371 e. The molecule has 4 heteroatoms. The molecule has 2 N–H and O–H groups in total. The number of nitrogens with zero attached hydrogens (tertiary/aromatic N) is 2. The molecule has 0 amide bonds. The summed E-state index contributed by atoms with van der Waals surface area (Å²) in [5, 5.41) is 1.13. The summed E-state index contributed by atoms with van der Waals surface area (Å²) in [6, 6.07) is 10.3. The van der Waals surface area contributed by atoms with Gasteiger partial charge < -0.3 is 15.2 Å². The van der Waals surface area contributed by atoms with Crippen molar-refractivity contribution in [1.29, 1.82) is 0 Å². The van der Waals surface area contributed by atoms with E-state index in [4.69, 9.17) is 5.73 Å². The highest BCUT2D eigenvalue weighted by atomic mass is 16.1. The summed E-state index contributed by atoms with van der Waals surface area (Å²) in [5.41, 5.74) is 7.96. The molecule has 0 saturated heterocycles. The Balaban J connectivity index is 2.12. The molecular formula is C17H23N3O. The molecule has 0 spiro atoms. The van der Waals surface area contributed by atoms with E-state index in [0.717, 1.165) is 29.6 Å². The number of fused-ring (bicyclic) bond motifs is 1. The Hall–Kier alpha value is -1.81. The van der Waals surface area contributed by atoms with E-state index in [-0.39, 0.29) is 5.56 Å². The molecule has 0 aliphatic heterocycles. The van der Waals surface area contributed by atoms with Gasteiger partial charge in [0.05, 0.1) is 11.2 Å². The Morgan fingerprint density at radius 2 is 2.10 bits per heavy atom. The maximum atomic E-state index is 12.2. The van der Waals surface area contributed by atoms with E-state index in [1.807, 2.05) is 25.2 Å². The zero-order valence-electron chi connectivity index (χ0n) is 12.7. The molecule has 2 aromatic rings. The van der Waals surface area contributed by atoms with Gasteiger partial charge in [0.2, 0.25) is 0 Å². The van der Waals surface area contributed by atoms with Gasteiger partial charge in [-0.2, -0.15) is 0 Å². The molecule has 1 aromatic heterocycles. The highest BCUT2D eigenvalue weighted by Crippen LogP contribution is 2.33. The zero-order chi connectivity index (χ0) is 15.0. The fourth-order valence-corrected chi connectivity index (χ4v) is 3.67. The first-order chi connectivity index (χ1) is 10.1. The first-order valence-corrected chi connectivity index (χ1v) is 7.65. The SMILES string of the molecule is CN(c1cc(=O)n(C)c2ccccc12)C1CCCC1CN. The third kappa shape index (κ3) is 2.33. The van der Waals surface area contributed by atoms with E-state index in [1.54, 1.807) is 10.6 Å². The van der Waals surface area contributed by atoms with Crippen molar-refractivity contribution in [2.45, 2.75) is 25.3 Å². The lowest BCUT2D eigenvalue weighted by Gasteiger charge is -2.32. The molecule has 1 saturated carbocycles. The Labute approximate surface area is 125 Å². The van der Waals surface area contributed by atoms with Gasteiger partial charge >= 0.3 is 0 Å². The Morgan fingerprint density at radius 1 is 1.33 bits per heavy atom. The molecule has 1 fully saturated rings. The smallest absolute Gasteiger partial charge is 0.252 e. The number of hydrogen-bond donors (Lipinski definition) is 1. The second kappa shape index (κ2) is 5.53. The third-order valence-corrected chi connectivity index (χ3v) is 4.93. The molecule has 4 nitrogen and oxygen atoms in total. The molecule has 0 radical (unpaired) electrons. The van der Waals surface area contributed by atoms with Crippen molar-refractivity contribution >= 4 is 16.6 Å². The Morgan fingerprint density at radius 3 is 2.86 bits per heavy atom. The fourth-order valence-electron chi connectivity index (χ4n) is 3.67. The van der Waals surface area contributed by atoms with Gasteiger partial charge in [-0.3, -0.25) is 4.79 Å². The van der Waals surface area contributed by atoms with Crippen LogP contribution in [0.4, 0.5) is 5.69 Å². The summed E-state index contributed by atoms with van der Waals surface area (Å²) >= 11 is 0. The van der Waals surface area contributed by atoms with Crippen molar-refractivity contribution in [2.24, 2.45) is 18.7 Å². The van der Waals surface area contributed by atoms with Crippen LogP contribution in [0.5, 0.6) is 0 Å². The van der Waals surface area contributed by atoms with Crippen LogP contribution in [0.25, 0.3) is 10.9 Å². The number of pyridine rings is 1. The van der Waals surface area contributed by atoms with Gasteiger partial charge in [-0.15, -0.1) is 0 Å². The van der Waals surface area contributed by atoms with Crippen LogP contribution < -0.4 is 16.2 Å². The van der Waals surface area contributed by atoms with Crippen LogP contribution in [-0.2, 0) is 7.05 Å². The predicted octanol–water partition coefficient (Wildman–Crippen LogP) is 2.10. The van der Waals surface area contributed by atoms with Gasteiger partial charge in [0, 0.05) is 31.6 Å². The van der Waals surface area contributed by atoms with Crippen molar-refractivity contribution in [3.05, 3.63) is 40.7 Å². The lowest BCUT2D eigenvalue weighted by molar-refractivity contribution is 0.475. The number of hydrogen-bond acceptors (Lipinski definition) is 3. The third-order valence-electron chi connectivity index (χ3n) is 4.93. The standard InChI is InChI=1S/C17H23N3O/c1-19(14-9-5-6-12(14)11-18)16-10-17(21)20(2)15-8-4-3-7-13(15)16/h3-4,7-8,10,12,14H,5-6,9,11,18H2,1-2H3. The van der Waals surface area contributed by atoms with E-state index in [9.17, 15) is 4.79 Å². The van der Waals surface area contributed by atoms with E-state index in [0.29, 0.717) is 12.0 Å². The summed E-state index contributed by atoms with van der Waals surface area (Å²) in [4.78, 5) is 14.5. The van der Waals surface area contributed by atoms with Crippen LogP contribution in [0, 0.1) is 5.92 Å². The summed E-state index contributed by atoms with van der Waals surface area (Å²) in [6.07, 6.45) is 3.57. The van der Waals surface area contributed by atoms with Gasteiger partial charge in [-0.25, -0.2) is 0 Å². The van der Waals surface area contributed by atoms with Gasteiger partial charge in [0.15, 0.2) is 0 Å². The second-order valence-electron chi connectivity index (χ2n) is 6.05. The molecule has 2 unspecified atom stereocenters. The maximum absolute atomic E-state index is 12.2. The van der Waals surface area contributed by atoms with Crippen molar-refractivity contribution in [3.8, 4) is 0 Å². The van der Waals surface area contributed by atoms with Gasteiger partial charge in [-0.05, 0) is 31.4 Å². The van der Waals surface area contributed by atoms with E-state index < -0.39 is 0 Å². The van der Waals surface area contributed by atoms with Crippen LogP contribution in [0.1, 0.15) is 19.3 Å². The van der Waals surface area contributed by atoms with Crippen molar-refractivity contribution in [3.63, 3.8) is 0 Å². The van der Waals surface area contributed by atoms with E-state index in [2.05, 4.69) is 18.0 Å². The highest BCUT2D eigenvalue weighted by Gasteiger charge is 2.30. The van der Waals surface area contributed by atoms with Crippen molar-refractivity contribution < 1.29 is 0 Å². The van der Waals surface area contributed by atoms with Gasteiger partial charge in [-0.1, -0.05) is 24.6 Å². The molecule has 1 aliphatic carbocycles. The number of rotatable bonds is 3. The fraction of sp³-hybridized carbons (Fsp3) is 0.471. The molecule has 1 heterocycles. The lowest BCUT2D eigenvalue weighted by atomic mass is 10.0. The first kappa shape index (κ1) is 14.1. The quantitative estimate of drug-likeness (QED) is 0.939. The number of aromatic nitrogens is 1. The normalized spacial score (nSPS) is 21.9. The number of nitrogens with two attached hydrogens (primary N) is 1. The Bertz CT molecular complexity index is 707. The maximum Gasteiger partial charge on any atom is 0.252 e. The highest BCUT2D eigenvalue weighted by molar-refractivity contribution is 5.91. The monoisotopic (exact) mass is 285 g/mol. The molecule has 112 valence electrons. The van der Waals surface area contributed by atoms with Crippen molar-refractivity contribution in [2.75, 3.05) is 18.5 Å². The minimum atomic E-state index is 0.0397. The number of anilines is 1. The van der Waals surface area contributed by atoms with Crippen LogP contribution in [-0.4, -0.2) is 24.2 Å². The molecule has 1 aromatic carbocycles. The molecule has 21 heavy (non-hydrogen) atoms. The van der Waals surface area contributed by atoms with Gasteiger partial charge in [0.25, 0.3) is 5.56 Å². The number of aryl methyl sites for hydroxylation is 1. The predicted molar refractivity (Wildman–Crippen MR) is 87.8 cm³/mol. The van der Waals surface area contributed by atoms with Gasteiger partial charge in [0.1, 0.15) is 0 Å².